The Kier molecular flexibility index (Phi) is 6.11. The number of nitrogens with one attached hydrogen (secondary N) is 1. The Morgan fingerprint density at radius 2 is 2.10 bits per heavy atom. The van der Waals surface area contributed by atoms with Crippen molar-refractivity contribution in [2.45, 2.75) is 33.1 Å². The van der Waals surface area contributed by atoms with Crippen LogP contribution >= 0.6 is 0 Å². The molecule has 0 aliphatic rings. The molecule has 1 rings (SSSR count). The standard InChI is InChI=1S/C15H26N4O2/c1-6-21-8-7-19(5)14(20)11-9-12(15(2,3)4)17-13(10-11)18-16/h9-10H,6-8,16H2,1-5H3,(H,17,18). The van der Waals surface area contributed by atoms with Gasteiger partial charge in [0.25, 0.3) is 5.91 Å². The van der Waals surface area contributed by atoms with Crippen LogP contribution in [0.3, 0.4) is 0 Å². The number of anilines is 1. The van der Waals surface area contributed by atoms with Gasteiger partial charge in [0.1, 0.15) is 5.82 Å². The third kappa shape index (κ3) is 4.99. The molecule has 0 fully saturated rings. The second-order valence-corrected chi connectivity index (χ2v) is 5.94. The first-order chi connectivity index (χ1) is 9.79. The van der Waals surface area contributed by atoms with Crippen LogP contribution in [0.4, 0.5) is 5.82 Å². The van der Waals surface area contributed by atoms with Gasteiger partial charge in [-0.05, 0) is 19.1 Å². The number of amides is 1. The summed E-state index contributed by atoms with van der Waals surface area (Å²) in [6.07, 6.45) is 0. The van der Waals surface area contributed by atoms with Crippen molar-refractivity contribution in [1.82, 2.24) is 9.88 Å². The van der Waals surface area contributed by atoms with E-state index in [9.17, 15) is 4.79 Å². The van der Waals surface area contributed by atoms with Crippen LogP contribution in [-0.2, 0) is 10.2 Å². The molecule has 118 valence electrons. The van der Waals surface area contributed by atoms with Crippen LogP contribution in [0.1, 0.15) is 43.7 Å². The maximum Gasteiger partial charge on any atom is 0.253 e. The minimum Gasteiger partial charge on any atom is -0.380 e. The third-order valence-corrected chi connectivity index (χ3v) is 3.11. The lowest BCUT2D eigenvalue weighted by atomic mass is 9.90. The van der Waals surface area contributed by atoms with Crippen molar-refractivity contribution >= 4 is 11.7 Å². The molecule has 0 spiro atoms. The summed E-state index contributed by atoms with van der Waals surface area (Å²) < 4.78 is 5.27. The van der Waals surface area contributed by atoms with Crippen LogP contribution in [0.25, 0.3) is 0 Å². The molecule has 6 nitrogen and oxygen atoms in total. The molecule has 0 aromatic carbocycles. The SMILES string of the molecule is CCOCCN(C)C(=O)c1cc(NN)nc(C(C)(C)C)c1. The minimum atomic E-state index is -0.161. The number of hydrogen-bond donors (Lipinski definition) is 2. The number of nitrogens with two attached hydrogens (primary N) is 1. The number of nitrogen functional groups attached to an aromatic ring is 1. The Bertz CT molecular complexity index is 483. The molecule has 1 aromatic heterocycles. The summed E-state index contributed by atoms with van der Waals surface area (Å²) in [6.45, 7) is 9.78. The molecule has 0 aliphatic carbocycles. The second-order valence-electron chi connectivity index (χ2n) is 5.94. The predicted molar refractivity (Wildman–Crippen MR) is 84.2 cm³/mol. The zero-order valence-electron chi connectivity index (χ0n) is 13.6. The number of aromatic nitrogens is 1. The van der Waals surface area contributed by atoms with Crippen molar-refractivity contribution < 1.29 is 9.53 Å². The first-order valence-electron chi connectivity index (χ1n) is 7.12. The number of likely N-dealkylation sites (N-methyl/N-ethyl adjacent to an activating group) is 1. The van der Waals surface area contributed by atoms with Gasteiger partial charge >= 0.3 is 0 Å². The average Bonchev–Trinajstić information content (AvgIpc) is 2.45. The van der Waals surface area contributed by atoms with Crippen molar-refractivity contribution in [3.8, 4) is 0 Å². The summed E-state index contributed by atoms with van der Waals surface area (Å²) in [5.41, 5.74) is 3.75. The lowest BCUT2D eigenvalue weighted by Gasteiger charge is -2.22. The van der Waals surface area contributed by atoms with Crippen molar-refractivity contribution in [2.75, 3.05) is 32.2 Å². The Morgan fingerprint density at radius 3 is 2.62 bits per heavy atom. The van der Waals surface area contributed by atoms with E-state index in [0.29, 0.717) is 31.1 Å². The molecule has 0 saturated heterocycles. The van der Waals surface area contributed by atoms with Crippen molar-refractivity contribution in [3.63, 3.8) is 0 Å². The van der Waals surface area contributed by atoms with E-state index in [1.807, 2.05) is 33.8 Å². The normalized spacial score (nSPS) is 11.3. The number of rotatable bonds is 6. The van der Waals surface area contributed by atoms with E-state index in [4.69, 9.17) is 10.6 Å². The Hall–Kier alpha value is -1.66. The summed E-state index contributed by atoms with van der Waals surface area (Å²) >= 11 is 0. The molecule has 1 aromatic rings. The van der Waals surface area contributed by atoms with Gasteiger partial charge < -0.3 is 15.1 Å². The quantitative estimate of drug-likeness (QED) is 0.475. The van der Waals surface area contributed by atoms with Gasteiger partial charge in [0.15, 0.2) is 0 Å². The van der Waals surface area contributed by atoms with E-state index in [0.717, 1.165) is 5.69 Å². The maximum atomic E-state index is 12.5. The Balaban J connectivity index is 2.98. The van der Waals surface area contributed by atoms with Gasteiger partial charge in [-0.25, -0.2) is 10.8 Å². The summed E-state index contributed by atoms with van der Waals surface area (Å²) in [5.74, 6) is 5.87. The monoisotopic (exact) mass is 294 g/mol. The number of carbonyl (C=O) groups excluding carboxylic acids is 1. The van der Waals surface area contributed by atoms with E-state index in [-0.39, 0.29) is 11.3 Å². The summed E-state index contributed by atoms with van der Waals surface area (Å²) in [4.78, 5) is 18.5. The fraction of sp³-hybridized carbons (Fsp3) is 0.600. The van der Waals surface area contributed by atoms with Crippen LogP contribution in [0.5, 0.6) is 0 Å². The number of ether oxygens (including phenoxy) is 1. The highest BCUT2D eigenvalue weighted by molar-refractivity contribution is 5.94. The second kappa shape index (κ2) is 7.38. The maximum absolute atomic E-state index is 12.5. The molecule has 0 unspecified atom stereocenters. The molecular weight excluding hydrogens is 268 g/mol. The largest absolute Gasteiger partial charge is 0.380 e. The number of carbonyl (C=O) groups is 1. The topological polar surface area (TPSA) is 80.5 Å². The molecule has 0 atom stereocenters. The lowest BCUT2D eigenvalue weighted by molar-refractivity contribution is 0.0709. The van der Waals surface area contributed by atoms with E-state index >= 15 is 0 Å². The zero-order chi connectivity index (χ0) is 16.0. The molecule has 1 heterocycles. The first kappa shape index (κ1) is 17.4. The van der Waals surface area contributed by atoms with Crippen LogP contribution in [-0.4, -0.2) is 42.6 Å². The van der Waals surface area contributed by atoms with Crippen molar-refractivity contribution in [2.24, 2.45) is 5.84 Å². The summed E-state index contributed by atoms with van der Waals surface area (Å²) in [5, 5.41) is 0. The zero-order valence-corrected chi connectivity index (χ0v) is 13.6. The van der Waals surface area contributed by atoms with Crippen LogP contribution in [0.15, 0.2) is 12.1 Å². The fourth-order valence-electron chi connectivity index (χ4n) is 1.78. The Morgan fingerprint density at radius 1 is 1.43 bits per heavy atom. The predicted octanol–water partition coefficient (Wildman–Crippen LogP) is 1.77. The van der Waals surface area contributed by atoms with Crippen LogP contribution in [0.2, 0.25) is 0 Å². The molecule has 0 bridgehead atoms. The molecular formula is C15H26N4O2. The molecule has 1 amide bonds. The summed E-state index contributed by atoms with van der Waals surface area (Å²) in [6, 6.07) is 3.48. The van der Waals surface area contributed by atoms with E-state index in [2.05, 4.69) is 10.4 Å². The first-order valence-corrected chi connectivity index (χ1v) is 7.12. The average molecular weight is 294 g/mol. The van der Waals surface area contributed by atoms with Crippen LogP contribution in [0, 0.1) is 0 Å². The van der Waals surface area contributed by atoms with E-state index in [1.165, 1.54) is 0 Å². The highest BCUT2D eigenvalue weighted by Gasteiger charge is 2.20. The van der Waals surface area contributed by atoms with Gasteiger partial charge in [0, 0.05) is 36.9 Å². The van der Waals surface area contributed by atoms with E-state index in [1.54, 1.807) is 18.0 Å². The number of hydrogen-bond acceptors (Lipinski definition) is 5. The number of hydrazine groups is 1. The van der Waals surface area contributed by atoms with Crippen LogP contribution < -0.4 is 11.3 Å². The fourth-order valence-corrected chi connectivity index (χ4v) is 1.78. The summed E-state index contributed by atoms with van der Waals surface area (Å²) in [7, 11) is 1.76. The molecule has 0 radical (unpaired) electrons. The van der Waals surface area contributed by atoms with Gasteiger partial charge in [-0.1, -0.05) is 20.8 Å². The van der Waals surface area contributed by atoms with Gasteiger partial charge in [-0.2, -0.15) is 0 Å². The number of nitrogens with zero attached hydrogens (tertiary/aromatic N) is 2. The molecule has 0 aliphatic heterocycles. The smallest absolute Gasteiger partial charge is 0.253 e. The highest BCUT2D eigenvalue weighted by atomic mass is 16.5. The van der Waals surface area contributed by atoms with Gasteiger partial charge in [0.05, 0.1) is 6.61 Å². The highest BCUT2D eigenvalue weighted by Crippen LogP contribution is 2.23. The van der Waals surface area contributed by atoms with E-state index < -0.39 is 0 Å². The van der Waals surface area contributed by atoms with Crippen molar-refractivity contribution in [3.05, 3.63) is 23.4 Å². The minimum absolute atomic E-state index is 0.0703. The van der Waals surface area contributed by atoms with Crippen molar-refractivity contribution in [1.29, 1.82) is 0 Å². The van der Waals surface area contributed by atoms with Gasteiger partial charge in [0.2, 0.25) is 0 Å². The Labute approximate surface area is 126 Å². The molecule has 6 heteroatoms. The molecule has 3 N–H and O–H groups in total. The number of pyridine rings is 1. The van der Waals surface area contributed by atoms with Gasteiger partial charge in [-0.3, -0.25) is 4.79 Å². The molecule has 0 saturated carbocycles. The third-order valence-electron chi connectivity index (χ3n) is 3.11. The lowest BCUT2D eigenvalue weighted by Crippen LogP contribution is -2.31. The molecule has 21 heavy (non-hydrogen) atoms. The van der Waals surface area contributed by atoms with Gasteiger partial charge in [-0.15, -0.1) is 0 Å².